The van der Waals surface area contributed by atoms with Gasteiger partial charge in [-0.05, 0) is 36.2 Å². The summed E-state index contributed by atoms with van der Waals surface area (Å²) >= 11 is 0. The molecule has 0 saturated heterocycles. The van der Waals surface area contributed by atoms with Crippen molar-refractivity contribution in [2.75, 3.05) is 0 Å². The van der Waals surface area contributed by atoms with E-state index in [1.54, 1.807) is 0 Å². The minimum atomic E-state index is 0.0530. The lowest BCUT2D eigenvalue weighted by atomic mass is 9.93. The van der Waals surface area contributed by atoms with Crippen LogP contribution in [0.1, 0.15) is 22.8 Å². The molecule has 1 aromatic heterocycles. The zero-order valence-corrected chi connectivity index (χ0v) is 16.3. The van der Waals surface area contributed by atoms with Gasteiger partial charge in [0.25, 0.3) is 0 Å². The molecule has 0 fully saturated rings. The molecule has 5 aromatic rings. The van der Waals surface area contributed by atoms with E-state index < -0.39 is 0 Å². The van der Waals surface area contributed by atoms with E-state index in [0.717, 1.165) is 23.2 Å². The number of aryl methyl sites for hydroxylation is 1. The van der Waals surface area contributed by atoms with E-state index in [0.29, 0.717) is 5.56 Å². The molecule has 0 N–H and O–H groups in total. The topological polar surface area (TPSA) is 22.0 Å². The van der Waals surface area contributed by atoms with Crippen molar-refractivity contribution in [3.8, 4) is 11.1 Å². The third kappa shape index (κ3) is 2.85. The molecule has 0 amide bonds. The summed E-state index contributed by atoms with van der Waals surface area (Å²) in [7, 11) is 0. The maximum absolute atomic E-state index is 13.2. The lowest BCUT2D eigenvalue weighted by Crippen LogP contribution is -2.03. The molecule has 0 radical (unpaired) electrons. The standard InChI is InChI=1S/C27H21NO/c1-2-28-25-15-9-8-13-22(25)24-18-20(16-17-26(24)28)21-12-6-7-14-23(21)27(29)19-10-4-3-5-11-19/h3-18H,2H2,1H3. The summed E-state index contributed by atoms with van der Waals surface area (Å²) in [6, 6.07) is 32.4. The van der Waals surface area contributed by atoms with Crippen LogP contribution in [-0.4, -0.2) is 10.4 Å². The molecule has 0 aliphatic heterocycles. The van der Waals surface area contributed by atoms with Crippen molar-refractivity contribution in [1.29, 1.82) is 0 Å². The normalized spacial score (nSPS) is 11.2. The Bertz CT molecular complexity index is 1350. The van der Waals surface area contributed by atoms with Crippen molar-refractivity contribution in [2.24, 2.45) is 0 Å². The molecule has 4 aromatic carbocycles. The second-order valence-electron chi connectivity index (χ2n) is 7.23. The van der Waals surface area contributed by atoms with Gasteiger partial charge in [0.1, 0.15) is 0 Å². The molecule has 2 nitrogen and oxygen atoms in total. The van der Waals surface area contributed by atoms with E-state index in [1.807, 2.05) is 54.6 Å². The highest BCUT2D eigenvalue weighted by Gasteiger charge is 2.16. The Morgan fingerprint density at radius 2 is 1.41 bits per heavy atom. The number of hydrogen-bond acceptors (Lipinski definition) is 1. The molecule has 29 heavy (non-hydrogen) atoms. The molecule has 0 saturated carbocycles. The van der Waals surface area contributed by atoms with Crippen LogP contribution in [0.2, 0.25) is 0 Å². The number of rotatable bonds is 4. The Morgan fingerprint density at radius 3 is 2.24 bits per heavy atom. The van der Waals surface area contributed by atoms with Gasteiger partial charge in [-0.25, -0.2) is 0 Å². The van der Waals surface area contributed by atoms with Gasteiger partial charge in [-0.15, -0.1) is 0 Å². The zero-order valence-electron chi connectivity index (χ0n) is 16.3. The van der Waals surface area contributed by atoms with Crippen LogP contribution in [-0.2, 0) is 6.54 Å². The largest absolute Gasteiger partial charge is 0.341 e. The monoisotopic (exact) mass is 375 g/mol. The average Bonchev–Trinajstić information content (AvgIpc) is 3.12. The van der Waals surface area contributed by atoms with Gasteiger partial charge < -0.3 is 4.57 Å². The predicted molar refractivity (Wildman–Crippen MR) is 120 cm³/mol. The van der Waals surface area contributed by atoms with Crippen molar-refractivity contribution in [2.45, 2.75) is 13.5 Å². The maximum atomic E-state index is 13.2. The molecule has 0 unspecified atom stereocenters. The van der Waals surface area contributed by atoms with Crippen LogP contribution in [0.4, 0.5) is 0 Å². The second-order valence-corrected chi connectivity index (χ2v) is 7.23. The van der Waals surface area contributed by atoms with E-state index >= 15 is 0 Å². The highest BCUT2D eigenvalue weighted by Crippen LogP contribution is 2.34. The molecule has 2 heteroatoms. The van der Waals surface area contributed by atoms with E-state index in [1.165, 1.54) is 21.8 Å². The lowest BCUT2D eigenvalue weighted by molar-refractivity contribution is 0.103. The SMILES string of the molecule is CCn1c2ccccc2c2cc(-c3ccccc3C(=O)c3ccccc3)ccc21. The fourth-order valence-electron chi connectivity index (χ4n) is 4.24. The highest BCUT2D eigenvalue weighted by atomic mass is 16.1. The van der Waals surface area contributed by atoms with Crippen LogP contribution >= 0.6 is 0 Å². The molecule has 0 spiro atoms. The number of aromatic nitrogens is 1. The Kier molecular flexibility index (Phi) is 4.25. The molecule has 140 valence electrons. The van der Waals surface area contributed by atoms with Gasteiger partial charge in [0.2, 0.25) is 0 Å². The van der Waals surface area contributed by atoms with Crippen LogP contribution in [0, 0.1) is 0 Å². The summed E-state index contributed by atoms with van der Waals surface area (Å²) in [4.78, 5) is 13.2. The van der Waals surface area contributed by atoms with Crippen LogP contribution in [0.15, 0.2) is 97.1 Å². The molecule has 0 aliphatic carbocycles. The maximum Gasteiger partial charge on any atom is 0.193 e. The van der Waals surface area contributed by atoms with Gasteiger partial charge in [0, 0.05) is 39.5 Å². The number of carbonyl (C=O) groups excluding carboxylic acids is 1. The minimum Gasteiger partial charge on any atom is -0.341 e. The van der Waals surface area contributed by atoms with E-state index in [4.69, 9.17) is 0 Å². The molecule has 0 aliphatic rings. The lowest BCUT2D eigenvalue weighted by Gasteiger charge is -2.10. The Hall–Kier alpha value is -3.65. The minimum absolute atomic E-state index is 0.0530. The first-order chi connectivity index (χ1) is 14.3. The van der Waals surface area contributed by atoms with E-state index in [9.17, 15) is 4.79 Å². The Labute approximate surface area is 170 Å². The summed E-state index contributed by atoms with van der Waals surface area (Å²) in [6.45, 7) is 3.10. The first-order valence-corrected chi connectivity index (χ1v) is 9.98. The summed E-state index contributed by atoms with van der Waals surface area (Å²) in [5, 5.41) is 2.47. The van der Waals surface area contributed by atoms with E-state index in [2.05, 4.69) is 54.0 Å². The number of fused-ring (bicyclic) bond motifs is 3. The number of nitrogens with zero attached hydrogens (tertiary/aromatic N) is 1. The van der Waals surface area contributed by atoms with Crippen molar-refractivity contribution in [1.82, 2.24) is 4.57 Å². The number of benzene rings is 4. The molecule has 0 atom stereocenters. The number of para-hydroxylation sites is 1. The molecular formula is C27H21NO. The highest BCUT2D eigenvalue weighted by molar-refractivity contribution is 6.14. The van der Waals surface area contributed by atoms with Gasteiger partial charge in [-0.3, -0.25) is 4.79 Å². The van der Waals surface area contributed by atoms with E-state index in [-0.39, 0.29) is 5.78 Å². The number of ketones is 1. The fourth-order valence-corrected chi connectivity index (χ4v) is 4.24. The summed E-state index contributed by atoms with van der Waals surface area (Å²) < 4.78 is 2.34. The van der Waals surface area contributed by atoms with Crippen LogP contribution in [0.3, 0.4) is 0 Å². The first kappa shape index (κ1) is 17.4. The van der Waals surface area contributed by atoms with Crippen LogP contribution < -0.4 is 0 Å². The van der Waals surface area contributed by atoms with Gasteiger partial charge in [0.15, 0.2) is 5.78 Å². The Morgan fingerprint density at radius 1 is 0.724 bits per heavy atom. The number of hydrogen-bond donors (Lipinski definition) is 0. The van der Waals surface area contributed by atoms with Gasteiger partial charge in [0.05, 0.1) is 0 Å². The third-order valence-electron chi connectivity index (χ3n) is 5.61. The van der Waals surface area contributed by atoms with Gasteiger partial charge in [-0.2, -0.15) is 0 Å². The summed E-state index contributed by atoms with van der Waals surface area (Å²) in [6.07, 6.45) is 0. The molecular weight excluding hydrogens is 354 g/mol. The molecule has 0 bridgehead atoms. The Balaban J connectivity index is 1.71. The van der Waals surface area contributed by atoms with Crippen molar-refractivity contribution in [3.63, 3.8) is 0 Å². The fraction of sp³-hybridized carbons (Fsp3) is 0.0741. The molecule has 5 rings (SSSR count). The van der Waals surface area contributed by atoms with Crippen LogP contribution in [0.25, 0.3) is 32.9 Å². The third-order valence-corrected chi connectivity index (χ3v) is 5.61. The molecule has 1 heterocycles. The smallest absolute Gasteiger partial charge is 0.193 e. The van der Waals surface area contributed by atoms with Crippen LogP contribution in [0.5, 0.6) is 0 Å². The number of carbonyl (C=O) groups is 1. The second kappa shape index (κ2) is 7.06. The quantitative estimate of drug-likeness (QED) is 0.320. The summed E-state index contributed by atoms with van der Waals surface area (Å²) in [5.41, 5.74) is 5.95. The zero-order chi connectivity index (χ0) is 19.8. The average molecular weight is 375 g/mol. The predicted octanol–water partition coefficient (Wildman–Crippen LogP) is 6.71. The van der Waals surface area contributed by atoms with Gasteiger partial charge in [-0.1, -0.05) is 78.9 Å². The van der Waals surface area contributed by atoms with Crippen molar-refractivity contribution in [3.05, 3.63) is 108 Å². The van der Waals surface area contributed by atoms with Crippen molar-refractivity contribution < 1.29 is 4.79 Å². The first-order valence-electron chi connectivity index (χ1n) is 9.98. The summed E-state index contributed by atoms with van der Waals surface area (Å²) in [5.74, 6) is 0.0530. The van der Waals surface area contributed by atoms with Crippen molar-refractivity contribution >= 4 is 27.6 Å². The van der Waals surface area contributed by atoms with Gasteiger partial charge >= 0.3 is 0 Å².